The van der Waals surface area contributed by atoms with Gasteiger partial charge >= 0.3 is 0 Å². The molecule has 2 fully saturated rings. The second-order valence-electron chi connectivity index (χ2n) is 4.65. The molecule has 6 nitrogen and oxygen atoms in total. The van der Waals surface area contributed by atoms with E-state index in [0.717, 1.165) is 19.3 Å². The van der Waals surface area contributed by atoms with Crippen LogP contribution < -0.4 is 11.1 Å². The molecule has 0 bridgehead atoms. The summed E-state index contributed by atoms with van der Waals surface area (Å²) < 4.78 is 0. The molecule has 2 aliphatic rings. The SMILES string of the molecule is NC(=O)CNC(=O)C1CCCN1C(=O)C1CC1. The van der Waals surface area contributed by atoms with E-state index in [0.29, 0.717) is 13.0 Å². The fourth-order valence-corrected chi connectivity index (χ4v) is 2.16. The van der Waals surface area contributed by atoms with Crippen LogP contribution in [0.1, 0.15) is 25.7 Å². The monoisotopic (exact) mass is 239 g/mol. The number of hydrogen-bond donors (Lipinski definition) is 2. The lowest BCUT2D eigenvalue weighted by molar-refractivity contribution is -0.139. The van der Waals surface area contributed by atoms with Gasteiger partial charge in [0.15, 0.2) is 0 Å². The molecular weight excluding hydrogens is 222 g/mol. The molecule has 94 valence electrons. The number of likely N-dealkylation sites (tertiary alicyclic amines) is 1. The lowest BCUT2D eigenvalue weighted by Gasteiger charge is -2.23. The zero-order valence-corrected chi connectivity index (χ0v) is 9.65. The minimum atomic E-state index is -0.573. The topological polar surface area (TPSA) is 92.5 Å². The molecule has 0 radical (unpaired) electrons. The summed E-state index contributed by atoms with van der Waals surface area (Å²) >= 11 is 0. The highest BCUT2D eigenvalue weighted by molar-refractivity contribution is 5.91. The van der Waals surface area contributed by atoms with E-state index in [1.54, 1.807) is 4.90 Å². The first kappa shape index (κ1) is 11.9. The van der Waals surface area contributed by atoms with Crippen molar-refractivity contribution in [2.24, 2.45) is 11.7 Å². The Hall–Kier alpha value is -1.59. The normalized spacial score (nSPS) is 23.5. The maximum absolute atomic E-state index is 11.9. The first-order chi connectivity index (χ1) is 8.09. The van der Waals surface area contributed by atoms with Crippen LogP contribution in [0, 0.1) is 5.92 Å². The Balaban J connectivity index is 1.91. The third-order valence-corrected chi connectivity index (χ3v) is 3.20. The summed E-state index contributed by atoms with van der Waals surface area (Å²) in [6, 6.07) is -0.414. The molecule has 2 rings (SSSR count). The number of amides is 3. The maximum Gasteiger partial charge on any atom is 0.243 e. The minimum absolute atomic E-state index is 0.0849. The average Bonchev–Trinajstić information content (AvgIpc) is 3.02. The number of nitrogens with two attached hydrogens (primary N) is 1. The van der Waals surface area contributed by atoms with Gasteiger partial charge in [-0.05, 0) is 25.7 Å². The molecule has 1 aliphatic heterocycles. The van der Waals surface area contributed by atoms with Gasteiger partial charge in [0, 0.05) is 12.5 Å². The average molecular weight is 239 g/mol. The van der Waals surface area contributed by atoms with Gasteiger partial charge in [-0.3, -0.25) is 14.4 Å². The number of carbonyl (C=O) groups excluding carboxylic acids is 3. The quantitative estimate of drug-likeness (QED) is 0.658. The van der Waals surface area contributed by atoms with Gasteiger partial charge in [-0.15, -0.1) is 0 Å². The molecule has 0 aromatic heterocycles. The number of nitrogens with zero attached hydrogens (tertiary/aromatic N) is 1. The molecule has 1 heterocycles. The maximum atomic E-state index is 11.9. The predicted octanol–water partition coefficient (Wildman–Crippen LogP) is -1.01. The molecule has 1 aliphatic carbocycles. The summed E-state index contributed by atoms with van der Waals surface area (Å²) in [7, 11) is 0. The Bertz CT molecular complexity index is 352. The second-order valence-corrected chi connectivity index (χ2v) is 4.65. The fraction of sp³-hybridized carbons (Fsp3) is 0.727. The highest BCUT2D eigenvalue weighted by Gasteiger charge is 2.40. The zero-order valence-electron chi connectivity index (χ0n) is 9.65. The van der Waals surface area contributed by atoms with Crippen molar-refractivity contribution in [2.75, 3.05) is 13.1 Å². The Kier molecular flexibility index (Phi) is 3.31. The van der Waals surface area contributed by atoms with Crippen LogP contribution in [0.2, 0.25) is 0 Å². The number of hydrogen-bond acceptors (Lipinski definition) is 3. The largest absolute Gasteiger partial charge is 0.368 e. The molecular formula is C11H17N3O3. The van der Waals surface area contributed by atoms with Crippen molar-refractivity contribution >= 4 is 17.7 Å². The van der Waals surface area contributed by atoms with Gasteiger partial charge in [-0.2, -0.15) is 0 Å². The number of carbonyl (C=O) groups is 3. The second kappa shape index (κ2) is 4.73. The zero-order chi connectivity index (χ0) is 12.4. The van der Waals surface area contributed by atoms with E-state index in [1.807, 2.05) is 0 Å². The van der Waals surface area contributed by atoms with Crippen LogP contribution in [-0.2, 0) is 14.4 Å². The summed E-state index contributed by atoms with van der Waals surface area (Å²) in [5.74, 6) is -0.631. The van der Waals surface area contributed by atoms with Gasteiger partial charge < -0.3 is 16.0 Å². The highest BCUT2D eigenvalue weighted by Crippen LogP contribution is 2.33. The molecule has 1 saturated heterocycles. The van der Waals surface area contributed by atoms with Crippen LogP contribution in [-0.4, -0.2) is 41.8 Å². The van der Waals surface area contributed by atoms with Crippen molar-refractivity contribution in [3.63, 3.8) is 0 Å². The number of rotatable bonds is 4. The van der Waals surface area contributed by atoms with Gasteiger partial charge in [0.25, 0.3) is 0 Å². The third kappa shape index (κ3) is 2.75. The van der Waals surface area contributed by atoms with Gasteiger partial charge in [0.2, 0.25) is 17.7 Å². The van der Waals surface area contributed by atoms with Gasteiger partial charge in [-0.25, -0.2) is 0 Å². The Labute approximate surface area is 99.5 Å². The standard InChI is InChI=1S/C11H17N3O3/c12-9(15)6-13-10(16)8-2-1-5-14(8)11(17)7-3-4-7/h7-8H,1-6H2,(H2,12,15)(H,13,16). The summed E-state index contributed by atoms with van der Waals surface area (Å²) in [6.45, 7) is 0.477. The van der Waals surface area contributed by atoms with Crippen molar-refractivity contribution < 1.29 is 14.4 Å². The van der Waals surface area contributed by atoms with E-state index in [2.05, 4.69) is 5.32 Å². The van der Waals surface area contributed by atoms with Crippen molar-refractivity contribution in [3.8, 4) is 0 Å². The Morgan fingerprint density at radius 2 is 1.94 bits per heavy atom. The Morgan fingerprint density at radius 3 is 2.53 bits per heavy atom. The van der Waals surface area contributed by atoms with Crippen LogP contribution >= 0.6 is 0 Å². The lowest BCUT2D eigenvalue weighted by Crippen LogP contribution is -2.48. The van der Waals surface area contributed by atoms with Crippen LogP contribution in [0.4, 0.5) is 0 Å². The van der Waals surface area contributed by atoms with Crippen molar-refractivity contribution in [1.82, 2.24) is 10.2 Å². The van der Waals surface area contributed by atoms with E-state index >= 15 is 0 Å². The first-order valence-corrected chi connectivity index (χ1v) is 5.96. The molecule has 0 aromatic rings. The van der Waals surface area contributed by atoms with Crippen LogP contribution in [0.3, 0.4) is 0 Å². The fourth-order valence-electron chi connectivity index (χ4n) is 2.16. The van der Waals surface area contributed by atoms with E-state index in [9.17, 15) is 14.4 Å². The Morgan fingerprint density at radius 1 is 1.24 bits per heavy atom. The van der Waals surface area contributed by atoms with E-state index in [1.165, 1.54) is 0 Å². The van der Waals surface area contributed by atoms with Crippen LogP contribution in [0.5, 0.6) is 0 Å². The van der Waals surface area contributed by atoms with Gasteiger partial charge in [-0.1, -0.05) is 0 Å². The summed E-state index contributed by atoms with van der Waals surface area (Å²) in [6.07, 6.45) is 3.38. The smallest absolute Gasteiger partial charge is 0.243 e. The lowest BCUT2D eigenvalue weighted by atomic mass is 10.2. The van der Waals surface area contributed by atoms with Crippen molar-refractivity contribution in [3.05, 3.63) is 0 Å². The van der Waals surface area contributed by atoms with Crippen molar-refractivity contribution in [1.29, 1.82) is 0 Å². The molecule has 0 spiro atoms. The highest BCUT2D eigenvalue weighted by atomic mass is 16.2. The predicted molar refractivity (Wildman–Crippen MR) is 59.7 cm³/mol. The molecule has 1 atom stereocenters. The summed E-state index contributed by atoms with van der Waals surface area (Å²) in [5, 5.41) is 2.46. The third-order valence-electron chi connectivity index (χ3n) is 3.20. The molecule has 3 amide bonds. The van der Waals surface area contributed by atoms with Crippen LogP contribution in [0.15, 0.2) is 0 Å². The summed E-state index contributed by atoms with van der Waals surface area (Å²) in [5.41, 5.74) is 4.96. The minimum Gasteiger partial charge on any atom is -0.368 e. The van der Waals surface area contributed by atoms with E-state index in [4.69, 9.17) is 5.73 Å². The van der Waals surface area contributed by atoms with Crippen LogP contribution in [0.25, 0.3) is 0 Å². The number of nitrogens with one attached hydrogen (secondary N) is 1. The van der Waals surface area contributed by atoms with E-state index < -0.39 is 11.9 Å². The first-order valence-electron chi connectivity index (χ1n) is 5.96. The van der Waals surface area contributed by atoms with Crippen molar-refractivity contribution in [2.45, 2.75) is 31.7 Å². The van der Waals surface area contributed by atoms with E-state index in [-0.39, 0.29) is 24.3 Å². The molecule has 1 saturated carbocycles. The summed E-state index contributed by atoms with van der Waals surface area (Å²) in [4.78, 5) is 35.9. The molecule has 3 N–H and O–H groups in total. The molecule has 1 unspecified atom stereocenters. The number of primary amides is 1. The van der Waals surface area contributed by atoms with Gasteiger partial charge in [0.05, 0.1) is 6.54 Å². The molecule has 0 aromatic carbocycles. The molecule has 6 heteroatoms. The molecule has 17 heavy (non-hydrogen) atoms. The van der Waals surface area contributed by atoms with Gasteiger partial charge in [0.1, 0.15) is 6.04 Å².